The molecule has 3 rings (SSSR count). The summed E-state index contributed by atoms with van der Waals surface area (Å²) < 4.78 is 8.01. The van der Waals surface area contributed by atoms with Gasteiger partial charge < -0.3 is 14.6 Å². The fourth-order valence-corrected chi connectivity index (χ4v) is 2.64. The van der Waals surface area contributed by atoms with E-state index in [2.05, 4.69) is 36.9 Å². The van der Waals surface area contributed by atoms with Crippen molar-refractivity contribution in [2.24, 2.45) is 0 Å². The van der Waals surface area contributed by atoms with E-state index in [4.69, 9.17) is 4.74 Å². The highest BCUT2D eigenvalue weighted by molar-refractivity contribution is 5.31. The van der Waals surface area contributed by atoms with Crippen molar-refractivity contribution in [1.29, 1.82) is 0 Å². The molecule has 0 spiro atoms. The third-order valence-corrected chi connectivity index (χ3v) is 3.81. The van der Waals surface area contributed by atoms with Crippen LogP contribution in [0.25, 0.3) is 0 Å². The molecule has 0 unspecified atom stereocenters. The fraction of sp³-hybridized carbons (Fsp3) is 0.533. The van der Waals surface area contributed by atoms with Crippen LogP contribution in [0.3, 0.4) is 0 Å². The van der Waals surface area contributed by atoms with Crippen molar-refractivity contribution in [1.82, 2.24) is 24.6 Å². The van der Waals surface area contributed by atoms with Gasteiger partial charge in [-0.3, -0.25) is 4.90 Å². The van der Waals surface area contributed by atoms with Gasteiger partial charge in [-0.15, -0.1) is 5.10 Å². The second-order valence-electron chi connectivity index (χ2n) is 5.35. The molecule has 118 valence electrons. The first kappa shape index (κ1) is 14.9. The van der Waals surface area contributed by atoms with Gasteiger partial charge in [0.05, 0.1) is 19.3 Å². The van der Waals surface area contributed by atoms with E-state index >= 15 is 0 Å². The number of nitrogens with zero attached hydrogens (tertiary/aromatic N) is 5. The average Bonchev–Trinajstić information content (AvgIpc) is 3.01. The van der Waals surface area contributed by atoms with Crippen molar-refractivity contribution in [2.75, 3.05) is 31.6 Å². The molecule has 1 fully saturated rings. The van der Waals surface area contributed by atoms with Crippen molar-refractivity contribution >= 4 is 5.82 Å². The molecule has 0 radical (unpaired) electrons. The standard InChI is InChI=1S/C15H22N6O/c1-2-21-7-6-16-15(21)12-20-8-9-22-13(11-20)10-17-14-4-3-5-18-19-14/h3-7,13H,2,8-12H2,1H3,(H,17,19)/t13-/m0/s1. The van der Waals surface area contributed by atoms with Crippen LogP contribution in [0.4, 0.5) is 5.82 Å². The highest BCUT2D eigenvalue weighted by atomic mass is 16.5. The lowest BCUT2D eigenvalue weighted by Crippen LogP contribution is -2.45. The first-order valence-corrected chi connectivity index (χ1v) is 7.70. The summed E-state index contributed by atoms with van der Waals surface area (Å²) in [5.41, 5.74) is 0. The van der Waals surface area contributed by atoms with Gasteiger partial charge >= 0.3 is 0 Å². The monoisotopic (exact) mass is 302 g/mol. The van der Waals surface area contributed by atoms with Gasteiger partial charge in [0, 0.05) is 44.8 Å². The molecule has 2 aromatic rings. The second kappa shape index (κ2) is 7.33. The molecule has 2 aromatic heterocycles. The number of hydrogen-bond acceptors (Lipinski definition) is 6. The number of ether oxygens (including phenoxy) is 1. The summed E-state index contributed by atoms with van der Waals surface area (Å²) in [5, 5.41) is 11.1. The Kier molecular flexibility index (Phi) is 4.97. The first-order valence-electron chi connectivity index (χ1n) is 7.70. The molecule has 0 bridgehead atoms. The minimum absolute atomic E-state index is 0.154. The Hall–Kier alpha value is -1.99. The van der Waals surface area contributed by atoms with E-state index in [1.807, 2.05) is 24.5 Å². The van der Waals surface area contributed by atoms with Gasteiger partial charge in [-0.25, -0.2) is 4.98 Å². The van der Waals surface area contributed by atoms with Gasteiger partial charge in [-0.05, 0) is 19.1 Å². The molecule has 3 heterocycles. The van der Waals surface area contributed by atoms with Crippen LogP contribution in [-0.2, 0) is 17.8 Å². The molecule has 1 aliphatic heterocycles. The van der Waals surface area contributed by atoms with E-state index < -0.39 is 0 Å². The number of aromatic nitrogens is 4. The van der Waals surface area contributed by atoms with Crippen LogP contribution in [0.15, 0.2) is 30.7 Å². The summed E-state index contributed by atoms with van der Waals surface area (Å²) >= 11 is 0. The quantitative estimate of drug-likeness (QED) is 0.859. The van der Waals surface area contributed by atoms with Crippen molar-refractivity contribution in [3.63, 3.8) is 0 Å². The third kappa shape index (κ3) is 3.80. The summed E-state index contributed by atoms with van der Waals surface area (Å²) in [4.78, 5) is 6.84. The number of hydrogen-bond donors (Lipinski definition) is 1. The van der Waals surface area contributed by atoms with Gasteiger partial charge in [0.25, 0.3) is 0 Å². The summed E-state index contributed by atoms with van der Waals surface area (Å²) in [6.07, 6.45) is 5.72. The summed E-state index contributed by atoms with van der Waals surface area (Å²) in [6, 6.07) is 3.78. The van der Waals surface area contributed by atoms with Gasteiger partial charge in [-0.1, -0.05) is 0 Å². The molecular weight excluding hydrogens is 280 g/mol. The zero-order valence-corrected chi connectivity index (χ0v) is 12.9. The minimum Gasteiger partial charge on any atom is -0.374 e. The second-order valence-corrected chi connectivity index (χ2v) is 5.35. The Morgan fingerprint density at radius 1 is 1.41 bits per heavy atom. The number of imidazole rings is 1. The third-order valence-electron chi connectivity index (χ3n) is 3.81. The Balaban J connectivity index is 1.51. The Morgan fingerprint density at radius 3 is 3.18 bits per heavy atom. The topological polar surface area (TPSA) is 68.1 Å². The van der Waals surface area contributed by atoms with E-state index in [1.165, 1.54) is 0 Å². The van der Waals surface area contributed by atoms with Crippen molar-refractivity contribution < 1.29 is 4.74 Å². The zero-order chi connectivity index (χ0) is 15.2. The average molecular weight is 302 g/mol. The van der Waals surface area contributed by atoms with Crippen molar-refractivity contribution in [2.45, 2.75) is 26.1 Å². The SMILES string of the molecule is CCn1ccnc1CN1CCO[C@@H](CNc2cccnn2)C1. The van der Waals surface area contributed by atoms with Gasteiger partial charge in [-0.2, -0.15) is 5.10 Å². The molecule has 1 saturated heterocycles. The highest BCUT2D eigenvalue weighted by Gasteiger charge is 2.21. The Labute approximate surface area is 130 Å². The molecule has 0 amide bonds. The molecule has 0 aromatic carbocycles. The predicted octanol–water partition coefficient (Wildman–Crippen LogP) is 1.01. The maximum Gasteiger partial charge on any atom is 0.148 e. The van der Waals surface area contributed by atoms with E-state index in [1.54, 1.807) is 6.20 Å². The van der Waals surface area contributed by atoms with Crippen molar-refractivity contribution in [3.05, 3.63) is 36.5 Å². The lowest BCUT2D eigenvalue weighted by Gasteiger charge is -2.32. The number of aryl methyl sites for hydroxylation is 1. The molecule has 0 saturated carbocycles. The normalized spacial score (nSPS) is 19.2. The van der Waals surface area contributed by atoms with Crippen LogP contribution in [0.2, 0.25) is 0 Å². The lowest BCUT2D eigenvalue weighted by atomic mass is 10.2. The van der Waals surface area contributed by atoms with Crippen LogP contribution in [0, 0.1) is 0 Å². The van der Waals surface area contributed by atoms with Crippen LogP contribution in [0.1, 0.15) is 12.7 Å². The maximum atomic E-state index is 5.83. The van der Waals surface area contributed by atoms with E-state index in [-0.39, 0.29) is 6.10 Å². The summed E-state index contributed by atoms with van der Waals surface area (Å²) in [5.74, 6) is 1.90. The van der Waals surface area contributed by atoms with E-state index in [0.717, 1.165) is 51.0 Å². The minimum atomic E-state index is 0.154. The van der Waals surface area contributed by atoms with Gasteiger partial charge in [0.2, 0.25) is 0 Å². The van der Waals surface area contributed by atoms with Crippen LogP contribution in [0.5, 0.6) is 0 Å². The van der Waals surface area contributed by atoms with Crippen LogP contribution < -0.4 is 5.32 Å². The summed E-state index contributed by atoms with van der Waals surface area (Å²) in [7, 11) is 0. The lowest BCUT2D eigenvalue weighted by molar-refractivity contribution is -0.0251. The van der Waals surface area contributed by atoms with Crippen LogP contribution in [-0.4, -0.2) is 57.0 Å². The molecule has 1 aliphatic rings. The smallest absolute Gasteiger partial charge is 0.148 e. The number of anilines is 1. The van der Waals surface area contributed by atoms with Crippen LogP contribution >= 0.6 is 0 Å². The number of morpholine rings is 1. The molecule has 1 N–H and O–H groups in total. The molecule has 7 nitrogen and oxygen atoms in total. The largest absolute Gasteiger partial charge is 0.374 e. The Morgan fingerprint density at radius 2 is 2.36 bits per heavy atom. The molecule has 22 heavy (non-hydrogen) atoms. The Bertz CT molecular complexity index is 572. The van der Waals surface area contributed by atoms with E-state index in [9.17, 15) is 0 Å². The zero-order valence-electron chi connectivity index (χ0n) is 12.9. The van der Waals surface area contributed by atoms with Gasteiger partial charge in [0.1, 0.15) is 11.6 Å². The highest BCUT2D eigenvalue weighted by Crippen LogP contribution is 2.10. The van der Waals surface area contributed by atoms with Crippen molar-refractivity contribution in [3.8, 4) is 0 Å². The fourth-order valence-electron chi connectivity index (χ4n) is 2.64. The van der Waals surface area contributed by atoms with Gasteiger partial charge in [0.15, 0.2) is 0 Å². The molecule has 0 aliphatic carbocycles. The number of rotatable bonds is 6. The first-order chi connectivity index (χ1) is 10.8. The number of nitrogens with one attached hydrogen (secondary N) is 1. The summed E-state index contributed by atoms with van der Waals surface area (Å²) in [6.45, 7) is 7.28. The van der Waals surface area contributed by atoms with E-state index in [0.29, 0.717) is 0 Å². The predicted molar refractivity (Wildman–Crippen MR) is 83.4 cm³/mol. The molecule has 7 heteroatoms. The molecular formula is C15H22N6O. The molecule has 1 atom stereocenters. The maximum absolute atomic E-state index is 5.83.